The number of methoxy groups -OCH3 is 1. The van der Waals surface area contributed by atoms with Crippen molar-refractivity contribution in [3.63, 3.8) is 0 Å². The van der Waals surface area contributed by atoms with Crippen molar-refractivity contribution in [1.29, 1.82) is 0 Å². The number of thiazole rings is 1. The standard InChI is InChI=1S/C53H85FN6O11S/c1-14-43-53(10,66)46(62)34(6)59(12)27-30(2)23-51(8,65)48(32(4)44(33(5)49(64)70-43)41-24-52(9,67-13)47(63)35(7)69-41)71-50-45(61)40(21-31(3)68-50)58(11)20-19-38-28-60(57-56-38)39(25-54)22-36-15-17-37(18-16-36)42-26-55-29-72-42/h15-18,26,28-35,39-41,43-48,50,61-63,65-66H,14,19-25,27H2,1-13H3/t30-,31-,32+,33-,34-,35+,39+,40+,41?,43-,44+,45-,46-,47+,48-,50+,51-,52-,53-/m1/s1. The molecule has 0 bridgehead atoms. The molecule has 0 aliphatic carbocycles. The van der Waals surface area contributed by atoms with Gasteiger partial charge in [-0.15, -0.1) is 16.4 Å². The molecule has 1 aromatic carbocycles. The van der Waals surface area contributed by atoms with E-state index in [2.05, 4.69) is 15.3 Å². The van der Waals surface area contributed by atoms with Crippen LogP contribution >= 0.6 is 11.3 Å². The van der Waals surface area contributed by atoms with E-state index in [9.17, 15) is 34.7 Å². The Labute approximate surface area is 430 Å². The van der Waals surface area contributed by atoms with Crippen LogP contribution in [-0.2, 0) is 41.3 Å². The first-order chi connectivity index (χ1) is 33.8. The molecule has 3 fully saturated rings. The summed E-state index contributed by atoms with van der Waals surface area (Å²) in [6.07, 6.45) is -3.04. The van der Waals surface area contributed by atoms with Crippen LogP contribution < -0.4 is 0 Å². The fraction of sp³-hybridized carbons (Fsp3) is 0.774. The maximum Gasteiger partial charge on any atom is 0.309 e. The molecule has 3 aliphatic rings. The Hall–Kier alpha value is -3.05. The molecule has 17 nitrogen and oxygen atoms in total. The molecular formula is C53H85FN6O11S. The molecule has 5 heterocycles. The second kappa shape index (κ2) is 24.3. The number of carbonyl (C=O) groups excluding carboxylic acids is 1. The minimum Gasteiger partial charge on any atom is -0.459 e. The predicted octanol–water partition coefficient (Wildman–Crippen LogP) is 5.26. The molecule has 2 aromatic heterocycles. The third-order valence-corrected chi connectivity index (χ3v) is 17.3. The van der Waals surface area contributed by atoms with Gasteiger partial charge >= 0.3 is 5.97 Å². The molecule has 0 saturated carbocycles. The number of rotatable bonds is 14. The average molecular weight is 1030 g/mol. The van der Waals surface area contributed by atoms with Gasteiger partial charge in [-0.1, -0.05) is 57.2 Å². The number of hydrogen-bond donors (Lipinski definition) is 5. The number of esters is 1. The fourth-order valence-corrected chi connectivity index (χ4v) is 12.6. The van der Waals surface area contributed by atoms with Crippen LogP contribution in [0.3, 0.4) is 0 Å². The van der Waals surface area contributed by atoms with Crippen molar-refractivity contribution >= 4 is 17.3 Å². The van der Waals surface area contributed by atoms with E-state index in [1.165, 1.54) is 14.0 Å². The van der Waals surface area contributed by atoms with Gasteiger partial charge in [0.1, 0.15) is 36.7 Å². The molecule has 72 heavy (non-hydrogen) atoms. The number of carbonyl (C=O) groups is 1. The zero-order valence-corrected chi connectivity index (χ0v) is 45.6. The number of likely N-dealkylation sites (N-methyl/N-ethyl adjacent to an activating group) is 2. The summed E-state index contributed by atoms with van der Waals surface area (Å²) in [4.78, 5) is 23.8. The van der Waals surface area contributed by atoms with E-state index in [4.69, 9.17) is 23.7 Å². The second-order valence-corrected chi connectivity index (χ2v) is 23.2. The van der Waals surface area contributed by atoms with E-state index in [0.717, 1.165) is 16.0 Å². The highest BCUT2D eigenvalue weighted by Gasteiger charge is 2.55. The molecule has 1 unspecified atom stereocenters. The normalized spacial score (nSPS) is 39.6. The summed E-state index contributed by atoms with van der Waals surface area (Å²) in [6, 6.07) is 6.48. The molecule has 19 heteroatoms. The third kappa shape index (κ3) is 13.1. The Morgan fingerprint density at radius 2 is 1.71 bits per heavy atom. The van der Waals surface area contributed by atoms with Gasteiger partial charge in [-0.25, -0.2) is 9.07 Å². The van der Waals surface area contributed by atoms with Gasteiger partial charge in [0.05, 0.1) is 63.7 Å². The van der Waals surface area contributed by atoms with E-state index in [1.54, 1.807) is 69.3 Å². The summed E-state index contributed by atoms with van der Waals surface area (Å²) in [5.74, 6) is -3.20. The van der Waals surface area contributed by atoms with Crippen molar-refractivity contribution in [2.75, 3.05) is 41.0 Å². The zero-order valence-electron chi connectivity index (χ0n) is 44.8. The van der Waals surface area contributed by atoms with Crippen molar-refractivity contribution in [2.24, 2.45) is 23.7 Å². The molecule has 406 valence electrons. The van der Waals surface area contributed by atoms with Crippen LogP contribution in [0.1, 0.15) is 112 Å². The van der Waals surface area contributed by atoms with Gasteiger partial charge in [-0.05, 0) is 104 Å². The highest BCUT2D eigenvalue weighted by atomic mass is 32.1. The van der Waals surface area contributed by atoms with Crippen LogP contribution in [0.25, 0.3) is 10.4 Å². The molecule has 19 atom stereocenters. The van der Waals surface area contributed by atoms with Crippen LogP contribution in [0.15, 0.2) is 42.2 Å². The Balaban J connectivity index is 1.26. The molecule has 0 amide bonds. The topological polar surface area (TPSA) is 214 Å². The summed E-state index contributed by atoms with van der Waals surface area (Å²) in [7, 11) is 5.29. The smallest absolute Gasteiger partial charge is 0.309 e. The number of ether oxygens (including phenoxy) is 5. The van der Waals surface area contributed by atoms with Gasteiger partial charge in [-0.2, -0.15) is 0 Å². The largest absolute Gasteiger partial charge is 0.459 e. The first-order valence-corrected chi connectivity index (χ1v) is 26.8. The summed E-state index contributed by atoms with van der Waals surface area (Å²) < 4.78 is 48.3. The Bertz CT molecular complexity index is 2150. The molecule has 0 spiro atoms. The van der Waals surface area contributed by atoms with Crippen molar-refractivity contribution < 1.29 is 58.4 Å². The number of halogens is 1. The summed E-state index contributed by atoms with van der Waals surface area (Å²) in [5.41, 5.74) is 0.0131. The van der Waals surface area contributed by atoms with Gasteiger partial charge < -0.3 is 59.0 Å². The first kappa shape index (κ1) is 58.2. The Morgan fingerprint density at radius 1 is 1.01 bits per heavy atom. The summed E-state index contributed by atoms with van der Waals surface area (Å²) >= 11 is 1.56. The molecule has 6 rings (SSSR count). The van der Waals surface area contributed by atoms with Crippen molar-refractivity contribution in [2.45, 2.75) is 198 Å². The number of nitrogens with zero attached hydrogens (tertiary/aromatic N) is 6. The quantitative estimate of drug-likeness (QED) is 0.130. The van der Waals surface area contributed by atoms with Crippen LogP contribution in [0, 0.1) is 23.7 Å². The average Bonchev–Trinajstić information content (AvgIpc) is 4.06. The summed E-state index contributed by atoms with van der Waals surface area (Å²) in [5, 5.41) is 68.9. The fourth-order valence-electron chi connectivity index (χ4n) is 11.9. The number of aliphatic hydroxyl groups is 5. The lowest BCUT2D eigenvalue weighted by atomic mass is 9.68. The van der Waals surface area contributed by atoms with E-state index in [0.29, 0.717) is 38.0 Å². The lowest BCUT2D eigenvalue weighted by Gasteiger charge is -2.51. The number of aromatic nitrogens is 4. The van der Waals surface area contributed by atoms with Crippen LogP contribution in [0.4, 0.5) is 4.39 Å². The van der Waals surface area contributed by atoms with Crippen molar-refractivity contribution in [1.82, 2.24) is 29.8 Å². The van der Waals surface area contributed by atoms with Gasteiger partial charge in [0.15, 0.2) is 6.29 Å². The zero-order chi connectivity index (χ0) is 53.0. The van der Waals surface area contributed by atoms with Crippen molar-refractivity contribution in [3.05, 3.63) is 53.4 Å². The predicted molar refractivity (Wildman–Crippen MR) is 272 cm³/mol. The molecule has 0 radical (unpaired) electrons. The van der Waals surface area contributed by atoms with Gasteiger partial charge in [0.25, 0.3) is 0 Å². The van der Waals surface area contributed by atoms with Crippen molar-refractivity contribution in [3.8, 4) is 10.4 Å². The lowest BCUT2D eigenvalue weighted by molar-refractivity contribution is -0.302. The summed E-state index contributed by atoms with van der Waals surface area (Å²) in [6.45, 7) is 18.2. The Kier molecular flexibility index (Phi) is 19.6. The molecule has 3 aromatic rings. The number of aliphatic hydroxyl groups excluding tert-OH is 3. The van der Waals surface area contributed by atoms with Crippen LogP contribution in [0.5, 0.6) is 0 Å². The SMILES string of the molecule is CC[C@H]1OC(=O)[C@H](C)[C@@H](C2C[C@@](C)(OC)[C@@H](O)[C@H](C)O2)[C@H](C)[C@@H](O[C@@H]2O[C@H](C)C[C@H](N(C)CCc3cn([C@H](CF)Cc4ccc(-c5cncs5)cc4)nn3)[C@H]2O)[C@](C)(O)C[C@@H](C)CN(C)[C@H](C)[C@@H](O)[C@]1(C)O. The second-order valence-electron chi connectivity index (χ2n) is 22.3. The molecular weight excluding hydrogens is 948 g/mol. The Morgan fingerprint density at radius 3 is 2.33 bits per heavy atom. The minimum absolute atomic E-state index is 0.180. The third-order valence-electron chi connectivity index (χ3n) is 16.4. The maximum atomic E-state index is 14.6. The number of cyclic esters (lactones) is 1. The van der Waals surface area contributed by atoms with Gasteiger partial charge in [-0.3, -0.25) is 9.78 Å². The first-order valence-electron chi connectivity index (χ1n) is 25.9. The van der Waals surface area contributed by atoms with Gasteiger partial charge in [0.2, 0.25) is 0 Å². The van der Waals surface area contributed by atoms with Crippen LogP contribution in [0.2, 0.25) is 0 Å². The monoisotopic (exact) mass is 1030 g/mol. The molecule has 5 N–H and O–H groups in total. The van der Waals surface area contributed by atoms with Gasteiger partial charge in [0, 0.05) is 63.4 Å². The van der Waals surface area contributed by atoms with E-state index < -0.39 is 114 Å². The molecule has 3 saturated heterocycles. The number of alkyl halides is 1. The highest BCUT2D eigenvalue weighted by Crippen LogP contribution is 2.45. The van der Waals surface area contributed by atoms with E-state index in [-0.39, 0.29) is 31.3 Å². The van der Waals surface area contributed by atoms with E-state index in [1.807, 2.05) is 75.1 Å². The highest BCUT2D eigenvalue weighted by molar-refractivity contribution is 7.13. The maximum absolute atomic E-state index is 14.6. The molecule has 3 aliphatic heterocycles. The van der Waals surface area contributed by atoms with E-state index >= 15 is 0 Å². The lowest BCUT2D eigenvalue weighted by Crippen LogP contribution is -2.62. The minimum atomic E-state index is -1.82. The number of benzene rings is 1. The number of hydrogen-bond acceptors (Lipinski definition) is 17. The van der Waals surface area contributed by atoms with Crippen LogP contribution in [-0.4, -0.2) is 186 Å².